The van der Waals surface area contributed by atoms with Crippen molar-refractivity contribution in [3.8, 4) is 0 Å². The molecule has 1 fully saturated rings. The molecule has 0 aromatic heterocycles. The molecule has 1 heterocycles. The predicted molar refractivity (Wildman–Crippen MR) is 60.4 cm³/mol. The third-order valence-electron chi connectivity index (χ3n) is 2.85. The molecule has 0 bridgehead atoms. The van der Waals surface area contributed by atoms with E-state index in [1.165, 1.54) is 12.0 Å². The molecule has 14 heavy (non-hydrogen) atoms. The van der Waals surface area contributed by atoms with Crippen LogP contribution in [-0.2, 0) is 4.74 Å². The first kappa shape index (κ1) is 11.7. The summed E-state index contributed by atoms with van der Waals surface area (Å²) in [5.41, 5.74) is 1.38. The van der Waals surface area contributed by atoms with E-state index in [1.807, 2.05) is 0 Å². The highest BCUT2D eigenvalue weighted by molar-refractivity contribution is 5.05. The summed E-state index contributed by atoms with van der Waals surface area (Å²) >= 11 is 0. The molecular weight excluding hydrogens is 174 g/mol. The summed E-state index contributed by atoms with van der Waals surface area (Å²) in [5, 5.41) is 3.53. The second-order valence-electron chi connectivity index (χ2n) is 4.36. The van der Waals surface area contributed by atoms with Gasteiger partial charge in [-0.2, -0.15) is 0 Å². The van der Waals surface area contributed by atoms with Gasteiger partial charge in [0.15, 0.2) is 0 Å². The second kappa shape index (κ2) is 5.52. The first-order valence-electron chi connectivity index (χ1n) is 5.65. The summed E-state index contributed by atoms with van der Waals surface area (Å²) in [5.74, 6) is 0.643. The Balaban J connectivity index is 2.61. The molecule has 3 atom stereocenters. The maximum atomic E-state index is 5.61. The first-order chi connectivity index (χ1) is 6.65. The van der Waals surface area contributed by atoms with E-state index >= 15 is 0 Å². The van der Waals surface area contributed by atoms with Gasteiger partial charge in [0.2, 0.25) is 0 Å². The Labute approximate surface area is 87.7 Å². The van der Waals surface area contributed by atoms with E-state index in [2.05, 4.69) is 39.1 Å². The number of allylic oxidation sites excluding steroid dienone is 1. The van der Waals surface area contributed by atoms with Crippen LogP contribution in [0.1, 0.15) is 34.1 Å². The van der Waals surface area contributed by atoms with Crippen molar-refractivity contribution in [3.05, 3.63) is 11.6 Å². The third kappa shape index (κ3) is 3.10. The van der Waals surface area contributed by atoms with E-state index < -0.39 is 0 Å². The Hall–Kier alpha value is -0.340. The van der Waals surface area contributed by atoms with Crippen molar-refractivity contribution in [2.75, 3.05) is 13.2 Å². The van der Waals surface area contributed by atoms with Gasteiger partial charge < -0.3 is 10.1 Å². The van der Waals surface area contributed by atoms with E-state index in [0.717, 1.165) is 13.2 Å². The van der Waals surface area contributed by atoms with Crippen LogP contribution in [0.15, 0.2) is 11.6 Å². The maximum Gasteiger partial charge on any atom is 0.0593 e. The fourth-order valence-electron chi connectivity index (χ4n) is 2.15. The van der Waals surface area contributed by atoms with Crippen LogP contribution < -0.4 is 5.32 Å². The highest BCUT2D eigenvalue weighted by atomic mass is 16.5. The van der Waals surface area contributed by atoms with Crippen molar-refractivity contribution in [2.24, 2.45) is 5.92 Å². The average Bonchev–Trinajstić information content (AvgIpc) is 2.50. The molecule has 1 N–H and O–H groups in total. The highest BCUT2D eigenvalue weighted by Crippen LogP contribution is 2.25. The molecule has 2 nitrogen and oxygen atoms in total. The topological polar surface area (TPSA) is 21.3 Å². The fraction of sp³-hybridized carbons (Fsp3) is 0.833. The predicted octanol–water partition coefficient (Wildman–Crippen LogP) is 2.36. The molecule has 0 aliphatic carbocycles. The molecule has 3 unspecified atom stereocenters. The molecule has 0 aromatic carbocycles. The molecule has 1 rings (SSSR count). The van der Waals surface area contributed by atoms with E-state index in [9.17, 15) is 0 Å². The largest absolute Gasteiger partial charge is 0.378 e. The molecule has 1 aliphatic rings. The van der Waals surface area contributed by atoms with E-state index in [1.54, 1.807) is 0 Å². The minimum absolute atomic E-state index is 0.398. The molecule has 0 amide bonds. The van der Waals surface area contributed by atoms with Crippen molar-refractivity contribution < 1.29 is 4.74 Å². The van der Waals surface area contributed by atoms with Gasteiger partial charge in [-0.15, -0.1) is 0 Å². The lowest BCUT2D eigenvalue weighted by atomic mass is 9.92. The molecule has 82 valence electrons. The van der Waals surface area contributed by atoms with Gasteiger partial charge in [-0.1, -0.05) is 18.6 Å². The lowest BCUT2D eigenvalue weighted by Gasteiger charge is -2.24. The Kier molecular flexibility index (Phi) is 4.63. The van der Waals surface area contributed by atoms with Gasteiger partial charge in [-0.3, -0.25) is 0 Å². The van der Waals surface area contributed by atoms with Crippen molar-refractivity contribution in [2.45, 2.75) is 46.3 Å². The van der Waals surface area contributed by atoms with E-state index in [0.29, 0.717) is 18.1 Å². The molecule has 1 aliphatic heterocycles. The summed E-state index contributed by atoms with van der Waals surface area (Å²) in [6, 6.07) is 0.488. The first-order valence-corrected chi connectivity index (χ1v) is 5.65. The number of rotatable bonds is 4. The summed E-state index contributed by atoms with van der Waals surface area (Å²) in [7, 11) is 0. The van der Waals surface area contributed by atoms with Gasteiger partial charge in [-0.05, 0) is 33.7 Å². The molecular formula is C12H23NO. The van der Waals surface area contributed by atoms with Crippen LogP contribution in [0.4, 0.5) is 0 Å². The Morgan fingerprint density at radius 3 is 2.71 bits per heavy atom. The second-order valence-corrected chi connectivity index (χ2v) is 4.36. The van der Waals surface area contributed by atoms with Crippen LogP contribution in [0.5, 0.6) is 0 Å². The number of hydrogen-bond donors (Lipinski definition) is 1. The van der Waals surface area contributed by atoms with Crippen molar-refractivity contribution in [3.63, 3.8) is 0 Å². The zero-order valence-corrected chi connectivity index (χ0v) is 9.84. The lowest BCUT2D eigenvalue weighted by molar-refractivity contribution is 0.100. The third-order valence-corrected chi connectivity index (χ3v) is 2.85. The van der Waals surface area contributed by atoms with Crippen molar-refractivity contribution >= 4 is 0 Å². The highest BCUT2D eigenvalue weighted by Gasteiger charge is 2.29. The van der Waals surface area contributed by atoms with Crippen LogP contribution in [0.2, 0.25) is 0 Å². The molecule has 0 radical (unpaired) electrons. The molecule has 2 heteroatoms. The van der Waals surface area contributed by atoms with Gasteiger partial charge in [0.25, 0.3) is 0 Å². The molecule has 0 aromatic rings. The van der Waals surface area contributed by atoms with E-state index in [-0.39, 0.29) is 0 Å². The molecule has 0 spiro atoms. The van der Waals surface area contributed by atoms with Crippen molar-refractivity contribution in [1.82, 2.24) is 5.32 Å². The van der Waals surface area contributed by atoms with Gasteiger partial charge in [-0.25, -0.2) is 0 Å². The minimum Gasteiger partial charge on any atom is -0.378 e. The number of likely N-dealkylation sites (N-methyl/N-ethyl adjacent to an activating group) is 1. The molecule has 1 saturated heterocycles. The van der Waals surface area contributed by atoms with Crippen LogP contribution in [-0.4, -0.2) is 25.3 Å². The fourth-order valence-corrected chi connectivity index (χ4v) is 2.15. The zero-order chi connectivity index (χ0) is 10.6. The SMILES string of the molecule is CCNC(C=C(C)C)C1CCOC1C. The standard InChI is InChI=1S/C12H23NO/c1-5-13-12(8-9(2)3)11-6-7-14-10(11)4/h8,10-13H,5-7H2,1-4H3. The van der Waals surface area contributed by atoms with Crippen LogP contribution in [0.25, 0.3) is 0 Å². The number of hydrogen-bond acceptors (Lipinski definition) is 2. The number of nitrogens with one attached hydrogen (secondary N) is 1. The monoisotopic (exact) mass is 197 g/mol. The minimum atomic E-state index is 0.398. The van der Waals surface area contributed by atoms with Crippen LogP contribution in [0.3, 0.4) is 0 Å². The van der Waals surface area contributed by atoms with Gasteiger partial charge in [0.05, 0.1) is 6.10 Å². The van der Waals surface area contributed by atoms with Gasteiger partial charge in [0.1, 0.15) is 0 Å². The Morgan fingerprint density at radius 1 is 1.57 bits per heavy atom. The number of ether oxygens (including phenoxy) is 1. The van der Waals surface area contributed by atoms with Crippen molar-refractivity contribution in [1.29, 1.82) is 0 Å². The van der Waals surface area contributed by atoms with Crippen LogP contribution in [0, 0.1) is 5.92 Å². The lowest BCUT2D eigenvalue weighted by Crippen LogP contribution is -2.37. The smallest absolute Gasteiger partial charge is 0.0593 e. The normalized spacial score (nSPS) is 28.9. The van der Waals surface area contributed by atoms with Crippen LogP contribution >= 0.6 is 0 Å². The van der Waals surface area contributed by atoms with Gasteiger partial charge >= 0.3 is 0 Å². The summed E-state index contributed by atoms with van der Waals surface area (Å²) in [6.45, 7) is 10.6. The molecule has 0 saturated carbocycles. The maximum absolute atomic E-state index is 5.61. The summed E-state index contributed by atoms with van der Waals surface area (Å²) in [4.78, 5) is 0. The summed E-state index contributed by atoms with van der Waals surface area (Å²) < 4.78 is 5.61. The van der Waals surface area contributed by atoms with Gasteiger partial charge in [0, 0.05) is 18.6 Å². The quantitative estimate of drug-likeness (QED) is 0.699. The Bertz CT molecular complexity index is 196. The average molecular weight is 197 g/mol. The summed E-state index contributed by atoms with van der Waals surface area (Å²) in [6.07, 6.45) is 3.91. The zero-order valence-electron chi connectivity index (χ0n) is 9.84. The van der Waals surface area contributed by atoms with E-state index in [4.69, 9.17) is 4.74 Å². The Morgan fingerprint density at radius 2 is 2.29 bits per heavy atom.